The number of Topliss-reactive ketones (excluding diaryl/α,β-unsaturated/α-hetero) is 2. The van der Waals surface area contributed by atoms with E-state index >= 15 is 0 Å². The van der Waals surface area contributed by atoms with E-state index in [1.807, 2.05) is 24.3 Å². The maximum Gasteiger partial charge on any atom is 0.279 e. The molecule has 0 spiro atoms. The standard InChI is InChI=1S/C37H36O11/c1-40-22-12-8-20(9-13-22)19-37(46-7)36(39)31-27(45-6)18-26(44-5)30(35(31)48-37)32-33(38)29-25(43-4)16-24(42-3)17-28(29)47-34(32)21-10-14-23(41-2)15-11-21/h8-18,32,34H,19H2,1-7H3/t32-,34+,37+/m1/s1. The lowest BCUT2D eigenvalue weighted by molar-refractivity contribution is -0.117. The maximum atomic E-state index is 14.9. The van der Waals surface area contributed by atoms with Gasteiger partial charge in [-0.25, -0.2) is 0 Å². The smallest absolute Gasteiger partial charge is 0.279 e. The summed E-state index contributed by atoms with van der Waals surface area (Å²) in [6.45, 7) is 0. The minimum atomic E-state index is -1.78. The first-order chi connectivity index (χ1) is 23.3. The van der Waals surface area contributed by atoms with Gasteiger partial charge in [-0.3, -0.25) is 9.59 Å². The molecule has 0 N–H and O–H groups in total. The van der Waals surface area contributed by atoms with Gasteiger partial charge in [0.05, 0.1) is 54.1 Å². The van der Waals surface area contributed by atoms with Crippen molar-refractivity contribution < 1.29 is 52.2 Å². The fourth-order valence-electron chi connectivity index (χ4n) is 6.32. The summed E-state index contributed by atoms with van der Waals surface area (Å²) in [5, 5.41) is 0. The number of fused-ring (bicyclic) bond motifs is 2. The molecule has 0 radical (unpaired) electrons. The van der Waals surface area contributed by atoms with Crippen molar-refractivity contribution in [2.45, 2.75) is 24.2 Å². The number of carbonyl (C=O) groups excluding carboxylic acids is 2. The molecule has 6 rings (SSSR count). The number of methoxy groups -OCH3 is 7. The molecule has 0 unspecified atom stereocenters. The van der Waals surface area contributed by atoms with E-state index in [2.05, 4.69) is 0 Å². The van der Waals surface area contributed by atoms with E-state index in [0.717, 1.165) is 5.56 Å². The summed E-state index contributed by atoms with van der Waals surface area (Å²) in [7, 11) is 10.4. The molecule has 250 valence electrons. The van der Waals surface area contributed by atoms with Crippen LogP contribution in [-0.2, 0) is 11.2 Å². The number of carbonyl (C=O) groups is 2. The minimum Gasteiger partial charge on any atom is -0.497 e. The Morgan fingerprint density at radius 1 is 0.646 bits per heavy atom. The van der Waals surface area contributed by atoms with Gasteiger partial charge in [0.2, 0.25) is 5.78 Å². The van der Waals surface area contributed by atoms with Crippen molar-refractivity contribution in [2.75, 3.05) is 49.8 Å². The average Bonchev–Trinajstić information content (AvgIpc) is 3.42. The Morgan fingerprint density at radius 3 is 1.79 bits per heavy atom. The van der Waals surface area contributed by atoms with Gasteiger partial charge >= 0.3 is 0 Å². The number of hydrogen-bond acceptors (Lipinski definition) is 11. The molecule has 0 fully saturated rings. The third kappa shape index (κ3) is 5.29. The molecule has 0 amide bonds. The first-order valence-corrected chi connectivity index (χ1v) is 15.1. The maximum absolute atomic E-state index is 14.9. The van der Waals surface area contributed by atoms with Gasteiger partial charge in [0.1, 0.15) is 63.2 Å². The predicted octanol–water partition coefficient (Wildman–Crippen LogP) is 6.00. The van der Waals surface area contributed by atoms with Crippen molar-refractivity contribution in [3.8, 4) is 46.0 Å². The van der Waals surface area contributed by atoms with Crippen LogP contribution in [0.25, 0.3) is 0 Å². The van der Waals surface area contributed by atoms with Gasteiger partial charge in [0, 0.05) is 31.7 Å². The Bertz CT molecular complexity index is 1850. The molecule has 11 nitrogen and oxygen atoms in total. The quantitative estimate of drug-likeness (QED) is 0.189. The molecule has 11 heteroatoms. The molecule has 2 heterocycles. The average molecular weight is 657 g/mol. The molecule has 0 saturated heterocycles. The van der Waals surface area contributed by atoms with Crippen LogP contribution in [0.4, 0.5) is 0 Å². The van der Waals surface area contributed by atoms with Gasteiger partial charge in [0.15, 0.2) is 5.78 Å². The van der Waals surface area contributed by atoms with Crippen LogP contribution in [0, 0.1) is 0 Å². The molecule has 4 aromatic rings. The monoisotopic (exact) mass is 656 g/mol. The molecule has 0 bridgehead atoms. The van der Waals surface area contributed by atoms with Crippen molar-refractivity contribution in [3.05, 3.63) is 94.5 Å². The Kier molecular flexibility index (Phi) is 8.81. The normalized spacial score (nSPS) is 19.4. The van der Waals surface area contributed by atoms with Crippen molar-refractivity contribution in [1.29, 1.82) is 0 Å². The van der Waals surface area contributed by atoms with E-state index in [-0.39, 0.29) is 52.1 Å². The van der Waals surface area contributed by atoms with Gasteiger partial charge < -0.3 is 42.6 Å². The molecule has 0 saturated carbocycles. The Labute approximate surface area is 278 Å². The summed E-state index contributed by atoms with van der Waals surface area (Å²) >= 11 is 0. The van der Waals surface area contributed by atoms with Crippen LogP contribution in [-0.4, -0.2) is 67.1 Å². The fourth-order valence-corrected chi connectivity index (χ4v) is 6.32. The molecular weight excluding hydrogens is 620 g/mol. The van der Waals surface area contributed by atoms with E-state index in [0.29, 0.717) is 28.4 Å². The van der Waals surface area contributed by atoms with Gasteiger partial charge in [-0.1, -0.05) is 24.3 Å². The van der Waals surface area contributed by atoms with Crippen LogP contribution in [0.15, 0.2) is 66.7 Å². The second-order valence-corrected chi connectivity index (χ2v) is 11.2. The van der Waals surface area contributed by atoms with Crippen LogP contribution < -0.4 is 37.9 Å². The number of ketones is 2. The second kappa shape index (κ2) is 13.0. The topological polar surface area (TPSA) is 117 Å². The SMILES string of the molecule is COc1ccc(C[C@]2(OC)Oc3c(c(OC)cc(OC)c3[C@@H]3C(=O)c4c(OC)cc(OC)cc4O[C@H]3c3ccc(OC)cc3)C2=O)cc1. The first kappa shape index (κ1) is 32.5. The summed E-state index contributed by atoms with van der Waals surface area (Å²) < 4.78 is 52.5. The van der Waals surface area contributed by atoms with E-state index in [1.54, 1.807) is 56.7 Å². The first-order valence-electron chi connectivity index (χ1n) is 15.1. The molecule has 0 aromatic heterocycles. The van der Waals surface area contributed by atoms with Gasteiger partial charge in [0.25, 0.3) is 5.79 Å². The zero-order chi connectivity index (χ0) is 34.2. The molecule has 4 aromatic carbocycles. The Hall–Kier alpha value is -5.42. The van der Waals surface area contributed by atoms with Gasteiger partial charge in [-0.2, -0.15) is 0 Å². The summed E-state index contributed by atoms with van der Waals surface area (Å²) in [4.78, 5) is 29.3. The largest absolute Gasteiger partial charge is 0.497 e. The summed E-state index contributed by atoms with van der Waals surface area (Å²) in [6.07, 6.45) is -0.851. The highest BCUT2D eigenvalue weighted by Gasteiger charge is 2.55. The number of hydrogen-bond donors (Lipinski definition) is 0. The lowest BCUT2D eigenvalue weighted by Crippen LogP contribution is -2.44. The molecule has 0 aliphatic carbocycles. The zero-order valence-electron chi connectivity index (χ0n) is 27.7. The van der Waals surface area contributed by atoms with Gasteiger partial charge in [-0.15, -0.1) is 0 Å². The highest BCUT2D eigenvalue weighted by molar-refractivity contribution is 6.12. The zero-order valence-corrected chi connectivity index (χ0v) is 27.7. The Balaban J connectivity index is 1.57. The Morgan fingerprint density at radius 2 is 1.23 bits per heavy atom. The highest BCUT2D eigenvalue weighted by Crippen LogP contribution is 2.56. The van der Waals surface area contributed by atoms with E-state index in [1.165, 1.54) is 35.5 Å². The summed E-state index contributed by atoms with van der Waals surface area (Å²) in [6, 6.07) is 19.3. The number of ether oxygens (including phenoxy) is 9. The molecule has 3 atom stereocenters. The second-order valence-electron chi connectivity index (χ2n) is 11.2. The van der Waals surface area contributed by atoms with Crippen LogP contribution in [0.2, 0.25) is 0 Å². The minimum absolute atomic E-state index is 0.0550. The lowest BCUT2D eigenvalue weighted by atomic mass is 9.79. The predicted molar refractivity (Wildman–Crippen MR) is 174 cm³/mol. The van der Waals surface area contributed by atoms with Crippen LogP contribution in [0.5, 0.6) is 46.0 Å². The van der Waals surface area contributed by atoms with Crippen molar-refractivity contribution in [2.24, 2.45) is 0 Å². The molecule has 2 aliphatic rings. The van der Waals surface area contributed by atoms with Crippen LogP contribution >= 0.6 is 0 Å². The molecule has 48 heavy (non-hydrogen) atoms. The fraction of sp³-hybridized carbons (Fsp3) is 0.297. The number of benzene rings is 4. The van der Waals surface area contributed by atoms with Crippen molar-refractivity contribution >= 4 is 11.6 Å². The van der Waals surface area contributed by atoms with Crippen LogP contribution in [0.3, 0.4) is 0 Å². The van der Waals surface area contributed by atoms with Crippen molar-refractivity contribution in [3.63, 3.8) is 0 Å². The molecular formula is C37H36O11. The summed E-state index contributed by atoms with van der Waals surface area (Å²) in [5.41, 5.74) is 2.04. The summed E-state index contributed by atoms with van der Waals surface area (Å²) in [5.74, 6) is -0.827. The number of rotatable bonds is 11. The third-order valence-electron chi connectivity index (χ3n) is 8.79. The molecule has 2 aliphatic heterocycles. The van der Waals surface area contributed by atoms with Gasteiger partial charge in [-0.05, 0) is 35.4 Å². The van der Waals surface area contributed by atoms with E-state index < -0.39 is 23.6 Å². The van der Waals surface area contributed by atoms with Crippen molar-refractivity contribution in [1.82, 2.24) is 0 Å². The lowest BCUT2D eigenvalue weighted by Gasteiger charge is -2.35. The van der Waals surface area contributed by atoms with E-state index in [9.17, 15) is 9.59 Å². The third-order valence-corrected chi connectivity index (χ3v) is 8.79. The van der Waals surface area contributed by atoms with E-state index in [4.69, 9.17) is 42.6 Å². The highest BCUT2D eigenvalue weighted by atomic mass is 16.7. The van der Waals surface area contributed by atoms with Crippen LogP contribution in [0.1, 0.15) is 49.4 Å².